The van der Waals surface area contributed by atoms with Crippen molar-refractivity contribution >= 4 is 22.7 Å². The largest absolute Gasteiger partial charge is 0.397 e. The molecule has 2 nitrogen and oxygen atoms in total. The number of nitrogens with one attached hydrogen (secondary N) is 1. The van der Waals surface area contributed by atoms with Crippen LogP contribution in [0.1, 0.15) is 34.1 Å². The van der Waals surface area contributed by atoms with Gasteiger partial charge in [0.2, 0.25) is 0 Å². The molecule has 1 heterocycles. The summed E-state index contributed by atoms with van der Waals surface area (Å²) in [6.07, 6.45) is 11.6. The standard InChI is InChI=1S/C23H28N2S/c1-5-9-21(18(7-3)12-11-17(4)6-2)25-22-16-19(13-14-20(22)24)23-10-8-15-26-23/h6-16,25H,5,24H2,1-4H3/b12-11-,17-6-,18-7+,21-9-. The number of allylic oxidation sites excluding steroid dienone is 6. The monoisotopic (exact) mass is 364 g/mol. The summed E-state index contributed by atoms with van der Waals surface area (Å²) in [6.45, 7) is 8.35. The number of nitrogen functional groups attached to an aromatic ring is 1. The maximum Gasteiger partial charge on any atom is 0.0624 e. The molecule has 0 aliphatic rings. The molecule has 0 bridgehead atoms. The Balaban J connectivity index is 2.34. The van der Waals surface area contributed by atoms with Gasteiger partial charge in [0, 0.05) is 10.6 Å². The van der Waals surface area contributed by atoms with Crippen molar-refractivity contribution < 1.29 is 0 Å². The average Bonchev–Trinajstić information content (AvgIpc) is 3.18. The number of hydrogen-bond acceptors (Lipinski definition) is 3. The van der Waals surface area contributed by atoms with Crippen LogP contribution in [0.3, 0.4) is 0 Å². The summed E-state index contributed by atoms with van der Waals surface area (Å²) in [5.74, 6) is 0. The van der Waals surface area contributed by atoms with Crippen LogP contribution in [0.25, 0.3) is 10.4 Å². The van der Waals surface area contributed by atoms with E-state index in [4.69, 9.17) is 5.73 Å². The molecule has 0 aliphatic carbocycles. The minimum atomic E-state index is 0.747. The van der Waals surface area contributed by atoms with Gasteiger partial charge in [-0.3, -0.25) is 0 Å². The van der Waals surface area contributed by atoms with Crippen LogP contribution in [0.5, 0.6) is 0 Å². The third kappa shape index (κ3) is 5.24. The summed E-state index contributed by atoms with van der Waals surface area (Å²) in [7, 11) is 0. The number of hydrogen-bond donors (Lipinski definition) is 2. The highest BCUT2D eigenvalue weighted by Gasteiger charge is 2.08. The van der Waals surface area contributed by atoms with Crippen molar-refractivity contribution in [1.82, 2.24) is 0 Å². The Morgan fingerprint density at radius 2 is 1.96 bits per heavy atom. The molecular formula is C23H28N2S. The van der Waals surface area contributed by atoms with Crippen LogP contribution in [-0.4, -0.2) is 0 Å². The second-order valence-electron chi connectivity index (χ2n) is 6.04. The van der Waals surface area contributed by atoms with Crippen molar-refractivity contribution in [2.45, 2.75) is 34.1 Å². The molecule has 2 rings (SSSR count). The Labute approximate surface area is 161 Å². The molecule has 1 aromatic heterocycles. The molecule has 1 aromatic carbocycles. The topological polar surface area (TPSA) is 38.0 Å². The van der Waals surface area contributed by atoms with Gasteiger partial charge in [-0.2, -0.15) is 0 Å². The van der Waals surface area contributed by atoms with Gasteiger partial charge in [-0.05, 0) is 61.9 Å². The van der Waals surface area contributed by atoms with Crippen LogP contribution in [0.2, 0.25) is 0 Å². The summed E-state index contributed by atoms with van der Waals surface area (Å²) >= 11 is 1.73. The summed E-state index contributed by atoms with van der Waals surface area (Å²) in [5.41, 5.74) is 12.6. The van der Waals surface area contributed by atoms with Crippen molar-refractivity contribution in [3.05, 3.63) is 82.9 Å². The minimum absolute atomic E-state index is 0.747. The third-order valence-electron chi connectivity index (χ3n) is 4.14. The van der Waals surface area contributed by atoms with E-state index >= 15 is 0 Å². The molecule has 0 aliphatic heterocycles. The maximum absolute atomic E-state index is 6.24. The highest BCUT2D eigenvalue weighted by molar-refractivity contribution is 7.13. The zero-order chi connectivity index (χ0) is 18.9. The molecule has 0 atom stereocenters. The maximum atomic E-state index is 6.24. The van der Waals surface area contributed by atoms with E-state index in [2.05, 4.69) is 86.1 Å². The first-order chi connectivity index (χ1) is 12.6. The summed E-state index contributed by atoms with van der Waals surface area (Å²) in [4.78, 5) is 1.24. The van der Waals surface area contributed by atoms with Crippen molar-refractivity contribution in [3.8, 4) is 10.4 Å². The van der Waals surface area contributed by atoms with Gasteiger partial charge in [0.1, 0.15) is 0 Å². The van der Waals surface area contributed by atoms with Crippen LogP contribution in [0, 0.1) is 0 Å². The van der Waals surface area contributed by atoms with Gasteiger partial charge >= 0.3 is 0 Å². The first kappa shape index (κ1) is 19.8. The lowest BCUT2D eigenvalue weighted by molar-refractivity contribution is 1.19. The second-order valence-corrected chi connectivity index (χ2v) is 6.99. The van der Waals surface area contributed by atoms with Crippen molar-refractivity contribution in [2.24, 2.45) is 0 Å². The molecule has 0 saturated heterocycles. The lowest BCUT2D eigenvalue weighted by atomic mass is 10.1. The fourth-order valence-corrected chi connectivity index (χ4v) is 3.23. The number of nitrogens with two attached hydrogens (primary N) is 1. The molecule has 0 radical (unpaired) electrons. The van der Waals surface area contributed by atoms with Gasteiger partial charge in [-0.1, -0.05) is 55.0 Å². The number of thiophene rings is 1. The van der Waals surface area contributed by atoms with E-state index in [1.54, 1.807) is 11.3 Å². The van der Waals surface area contributed by atoms with Gasteiger partial charge in [0.25, 0.3) is 0 Å². The molecule has 0 spiro atoms. The molecule has 0 fully saturated rings. The van der Waals surface area contributed by atoms with E-state index in [1.807, 2.05) is 13.0 Å². The molecule has 26 heavy (non-hydrogen) atoms. The van der Waals surface area contributed by atoms with Gasteiger partial charge < -0.3 is 11.1 Å². The highest BCUT2D eigenvalue weighted by atomic mass is 32.1. The van der Waals surface area contributed by atoms with Crippen LogP contribution in [-0.2, 0) is 0 Å². The average molecular weight is 365 g/mol. The summed E-state index contributed by atoms with van der Waals surface area (Å²) < 4.78 is 0. The van der Waals surface area contributed by atoms with Crippen molar-refractivity contribution in [3.63, 3.8) is 0 Å². The van der Waals surface area contributed by atoms with Crippen LogP contribution < -0.4 is 11.1 Å². The number of anilines is 2. The molecule has 2 aromatic rings. The molecule has 3 heteroatoms. The Bertz CT molecular complexity index is 837. The van der Waals surface area contributed by atoms with Gasteiger partial charge in [0.05, 0.1) is 11.4 Å². The first-order valence-electron chi connectivity index (χ1n) is 8.97. The lowest BCUT2D eigenvalue weighted by Crippen LogP contribution is -2.04. The summed E-state index contributed by atoms with van der Waals surface area (Å²) in [5, 5.41) is 5.64. The second kappa shape index (κ2) is 9.83. The highest BCUT2D eigenvalue weighted by Crippen LogP contribution is 2.31. The normalized spacial score (nSPS) is 13.5. The summed E-state index contributed by atoms with van der Waals surface area (Å²) in [6, 6.07) is 10.4. The van der Waals surface area contributed by atoms with Crippen LogP contribution >= 0.6 is 11.3 Å². The Morgan fingerprint density at radius 1 is 1.15 bits per heavy atom. The van der Waals surface area contributed by atoms with E-state index in [1.165, 1.54) is 16.0 Å². The predicted molar refractivity (Wildman–Crippen MR) is 118 cm³/mol. The molecular weight excluding hydrogens is 336 g/mol. The van der Waals surface area contributed by atoms with Crippen molar-refractivity contribution in [1.29, 1.82) is 0 Å². The lowest BCUT2D eigenvalue weighted by Gasteiger charge is -2.15. The fourth-order valence-electron chi connectivity index (χ4n) is 2.51. The Kier molecular flexibility index (Phi) is 7.49. The van der Waals surface area contributed by atoms with Gasteiger partial charge in [-0.25, -0.2) is 0 Å². The Morgan fingerprint density at radius 3 is 2.58 bits per heavy atom. The quantitative estimate of drug-likeness (QED) is 0.403. The van der Waals surface area contributed by atoms with Crippen molar-refractivity contribution in [2.75, 3.05) is 11.1 Å². The molecule has 136 valence electrons. The molecule has 0 amide bonds. The first-order valence-corrected chi connectivity index (χ1v) is 9.85. The van der Waals surface area contributed by atoms with E-state index in [9.17, 15) is 0 Å². The smallest absolute Gasteiger partial charge is 0.0624 e. The molecule has 0 unspecified atom stereocenters. The molecule has 0 saturated carbocycles. The van der Waals surface area contributed by atoms with Crippen LogP contribution in [0.15, 0.2) is 82.9 Å². The van der Waals surface area contributed by atoms with E-state index in [0.717, 1.165) is 29.1 Å². The Hall–Kier alpha value is -2.52. The minimum Gasteiger partial charge on any atom is -0.397 e. The SMILES string of the molecule is C\C=C(C)/C=C\C(=C/C)C(=C\CC)\Nc1cc(-c2cccs2)ccc1N. The van der Waals surface area contributed by atoms with Gasteiger partial charge in [-0.15, -0.1) is 11.3 Å². The third-order valence-corrected chi connectivity index (χ3v) is 5.06. The number of rotatable bonds is 7. The molecule has 3 N–H and O–H groups in total. The zero-order valence-corrected chi connectivity index (χ0v) is 16.9. The number of benzene rings is 1. The van der Waals surface area contributed by atoms with Crippen LogP contribution in [0.4, 0.5) is 11.4 Å². The predicted octanol–water partition coefficient (Wildman–Crippen LogP) is 7.17. The van der Waals surface area contributed by atoms with E-state index in [0.29, 0.717) is 0 Å². The fraction of sp³-hybridized carbons (Fsp3) is 0.217. The zero-order valence-electron chi connectivity index (χ0n) is 16.0. The van der Waals surface area contributed by atoms with Gasteiger partial charge in [0.15, 0.2) is 0 Å². The van der Waals surface area contributed by atoms with E-state index in [-0.39, 0.29) is 0 Å². The van der Waals surface area contributed by atoms with E-state index < -0.39 is 0 Å².